The fourth-order valence-electron chi connectivity index (χ4n) is 3.70. The van der Waals surface area contributed by atoms with Crippen molar-refractivity contribution >= 4 is 28.9 Å². The predicted molar refractivity (Wildman–Crippen MR) is 145 cm³/mol. The molecule has 0 saturated heterocycles. The molecule has 3 N–H and O–H groups in total. The first-order chi connectivity index (χ1) is 18.8. The van der Waals surface area contributed by atoms with Crippen LogP contribution in [0.1, 0.15) is 15.9 Å². The highest BCUT2D eigenvalue weighted by molar-refractivity contribution is 6.11. The highest BCUT2D eigenvalue weighted by Gasteiger charge is 2.20. The van der Waals surface area contributed by atoms with E-state index in [4.69, 9.17) is 18.9 Å². The van der Waals surface area contributed by atoms with Gasteiger partial charge in [-0.05, 0) is 48.9 Å². The molecule has 0 aliphatic heterocycles. The maximum absolute atomic E-state index is 13.1. The highest BCUT2D eigenvalue weighted by Crippen LogP contribution is 2.31. The van der Waals surface area contributed by atoms with Gasteiger partial charge in [-0.2, -0.15) is 0 Å². The summed E-state index contributed by atoms with van der Waals surface area (Å²) in [6, 6.07) is 14.0. The van der Waals surface area contributed by atoms with Crippen LogP contribution in [-0.2, 0) is 11.2 Å². The van der Waals surface area contributed by atoms with Gasteiger partial charge in [0.1, 0.15) is 11.5 Å². The number of carbonyl (C=O) groups is 2. The highest BCUT2D eigenvalue weighted by atomic mass is 16.6. The second-order valence-electron chi connectivity index (χ2n) is 8.17. The van der Waals surface area contributed by atoms with E-state index in [0.717, 1.165) is 11.6 Å². The van der Waals surface area contributed by atoms with Crippen molar-refractivity contribution in [1.29, 1.82) is 0 Å². The summed E-state index contributed by atoms with van der Waals surface area (Å²) >= 11 is 0. The van der Waals surface area contributed by atoms with Gasteiger partial charge in [0, 0.05) is 18.2 Å². The number of hydrogen-bond donors (Lipinski definition) is 3. The molecule has 0 aliphatic carbocycles. The number of benzene rings is 3. The molecule has 0 atom stereocenters. The summed E-state index contributed by atoms with van der Waals surface area (Å²) in [7, 11) is 6.05. The molecule has 12 heteroatoms. The molecule has 3 aromatic carbocycles. The predicted octanol–water partition coefficient (Wildman–Crippen LogP) is 3.65. The Labute approximate surface area is 225 Å². The van der Waals surface area contributed by atoms with Crippen LogP contribution < -0.4 is 34.9 Å². The van der Waals surface area contributed by atoms with E-state index in [0.29, 0.717) is 41.7 Å². The fourth-order valence-corrected chi connectivity index (χ4v) is 3.70. The van der Waals surface area contributed by atoms with E-state index in [2.05, 4.69) is 16.0 Å². The van der Waals surface area contributed by atoms with Crippen molar-refractivity contribution < 1.29 is 33.5 Å². The number of nitro benzene ring substituents is 1. The fraction of sp³-hybridized carbons (Fsp3) is 0.259. The summed E-state index contributed by atoms with van der Waals surface area (Å²) in [6.07, 6.45) is 0.627. The minimum Gasteiger partial charge on any atom is -0.497 e. The van der Waals surface area contributed by atoms with E-state index >= 15 is 0 Å². The van der Waals surface area contributed by atoms with Gasteiger partial charge < -0.3 is 34.9 Å². The van der Waals surface area contributed by atoms with Gasteiger partial charge in [0.05, 0.1) is 56.8 Å². The van der Waals surface area contributed by atoms with Crippen LogP contribution in [0, 0.1) is 10.1 Å². The molecule has 0 bridgehead atoms. The van der Waals surface area contributed by atoms with Crippen LogP contribution in [0.5, 0.6) is 23.0 Å². The molecule has 39 heavy (non-hydrogen) atoms. The molecule has 0 fully saturated rings. The lowest BCUT2D eigenvalue weighted by Gasteiger charge is -2.14. The van der Waals surface area contributed by atoms with Crippen LogP contribution in [0.15, 0.2) is 54.6 Å². The summed E-state index contributed by atoms with van der Waals surface area (Å²) in [4.78, 5) is 36.5. The van der Waals surface area contributed by atoms with Gasteiger partial charge in [0.2, 0.25) is 5.91 Å². The number of ether oxygens (including phenoxy) is 4. The molecule has 3 rings (SSSR count). The van der Waals surface area contributed by atoms with Crippen LogP contribution in [-0.4, -0.2) is 58.3 Å². The van der Waals surface area contributed by atoms with Crippen molar-refractivity contribution in [3.05, 3.63) is 75.8 Å². The van der Waals surface area contributed by atoms with Crippen LogP contribution in [0.2, 0.25) is 0 Å². The average molecular weight is 539 g/mol. The van der Waals surface area contributed by atoms with Gasteiger partial charge in [0.25, 0.3) is 11.6 Å². The largest absolute Gasteiger partial charge is 0.497 e. The number of nitro groups is 1. The normalized spacial score (nSPS) is 10.4. The van der Waals surface area contributed by atoms with E-state index in [9.17, 15) is 19.7 Å². The lowest BCUT2D eigenvalue weighted by Crippen LogP contribution is -2.30. The third-order valence-electron chi connectivity index (χ3n) is 5.71. The Balaban J connectivity index is 1.67. The number of methoxy groups -OCH3 is 4. The number of amides is 2. The zero-order valence-electron chi connectivity index (χ0n) is 22.0. The smallest absolute Gasteiger partial charge is 0.270 e. The van der Waals surface area contributed by atoms with Crippen molar-refractivity contribution in [1.82, 2.24) is 5.32 Å². The molecule has 0 aliphatic rings. The van der Waals surface area contributed by atoms with Gasteiger partial charge in [-0.15, -0.1) is 0 Å². The Bertz CT molecular complexity index is 1350. The molecule has 0 unspecified atom stereocenters. The molecule has 2 amide bonds. The molecule has 12 nitrogen and oxygen atoms in total. The summed E-state index contributed by atoms with van der Waals surface area (Å²) < 4.78 is 21.0. The number of nitrogens with one attached hydrogen (secondary N) is 3. The zero-order valence-corrected chi connectivity index (χ0v) is 22.0. The van der Waals surface area contributed by atoms with E-state index in [1.54, 1.807) is 32.4 Å². The second kappa shape index (κ2) is 13.6. The van der Waals surface area contributed by atoms with Crippen LogP contribution in [0.25, 0.3) is 0 Å². The molecule has 0 spiro atoms. The Kier molecular flexibility index (Phi) is 10.0. The first-order valence-electron chi connectivity index (χ1n) is 11.8. The first kappa shape index (κ1) is 28.7. The van der Waals surface area contributed by atoms with E-state index in [1.807, 2.05) is 18.2 Å². The summed E-state index contributed by atoms with van der Waals surface area (Å²) in [5, 5.41) is 19.7. The zero-order chi connectivity index (χ0) is 28.4. The molecule has 206 valence electrons. The number of carbonyl (C=O) groups excluding carboxylic acids is 2. The van der Waals surface area contributed by atoms with E-state index < -0.39 is 16.7 Å². The molecule has 3 aromatic rings. The maximum Gasteiger partial charge on any atom is 0.270 e. The Hall–Kier alpha value is -4.84. The molecule has 0 heterocycles. The summed E-state index contributed by atoms with van der Waals surface area (Å²) in [6.45, 7) is 0.450. The number of anilines is 2. The number of nitrogens with zero attached hydrogens (tertiary/aromatic N) is 1. The topological polar surface area (TPSA) is 150 Å². The number of non-ortho nitro benzene ring substituents is 1. The SMILES string of the molecule is COc1ccc(NC(=O)c2cc([N+](=O)[O-])ccc2NC(=O)CNCCc2ccc(OC)c(OC)c2)c(OC)c1. The van der Waals surface area contributed by atoms with Gasteiger partial charge in [-0.1, -0.05) is 6.07 Å². The quantitative estimate of drug-likeness (QED) is 0.168. The van der Waals surface area contributed by atoms with Crippen LogP contribution in [0.4, 0.5) is 17.1 Å². The Morgan fingerprint density at radius 2 is 1.51 bits per heavy atom. The monoisotopic (exact) mass is 538 g/mol. The van der Waals surface area contributed by atoms with Crippen molar-refractivity contribution in [3.63, 3.8) is 0 Å². The minimum absolute atomic E-state index is 0.0440. The third kappa shape index (κ3) is 7.58. The molecule has 0 saturated carbocycles. The van der Waals surface area contributed by atoms with E-state index in [-0.39, 0.29) is 23.5 Å². The minimum atomic E-state index is -0.668. The van der Waals surface area contributed by atoms with Gasteiger partial charge in [-0.25, -0.2) is 0 Å². The van der Waals surface area contributed by atoms with Crippen molar-refractivity contribution in [3.8, 4) is 23.0 Å². The van der Waals surface area contributed by atoms with Crippen molar-refractivity contribution in [2.24, 2.45) is 0 Å². The number of rotatable bonds is 13. The molecular formula is C27H30N4O8. The van der Waals surface area contributed by atoms with Crippen LogP contribution >= 0.6 is 0 Å². The van der Waals surface area contributed by atoms with Crippen LogP contribution in [0.3, 0.4) is 0 Å². The molecule has 0 aromatic heterocycles. The standard InChI is InChI=1S/C27H30N4O8/c1-36-19-7-9-22(24(15-19)38-3)30-27(33)20-14-18(31(34)35)6-8-21(20)29-26(32)16-28-12-11-17-5-10-23(37-2)25(13-17)39-4/h5-10,13-15,28H,11-12,16H2,1-4H3,(H,29,32)(H,30,33). The Morgan fingerprint density at radius 3 is 2.18 bits per heavy atom. The average Bonchev–Trinajstić information content (AvgIpc) is 2.95. The molecular weight excluding hydrogens is 508 g/mol. The molecule has 0 radical (unpaired) electrons. The summed E-state index contributed by atoms with van der Waals surface area (Å²) in [5.41, 5.74) is 1.05. The number of hydrogen-bond acceptors (Lipinski definition) is 9. The lowest BCUT2D eigenvalue weighted by molar-refractivity contribution is -0.384. The summed E-state index contributed by atoms with van der Waals surface area (Å²) in [5.74, 6) is 1.00. The first-order valence-corrected chi connectivity index (χ1v) is 11.8. The lowest BCUT2D eigenvalue weighted by atomic mass is 10.1. The van der Waals surface area contributed by atoms with Gasteiger partial charge in [0.15, 0.2) is 11.5 Å². The van der Waals surface area contributed by atoms with E-state index in [1.165, 1.54) is 26.4 Å². The second-order valence-corrected chi connectivity index (χ2v) is 8.17. The third-order valence-corrected chi connectivity index (χ3v) is 5.71. The van der Waals surface area contributed by atoms with Gasteiger partial charge >= 0.3 is 0 Å². The van der Waals surface area contributed by atoms with Gasteiger partial charge in [-0.3, -0.25) is 19.7 Å². The van der Waals surface area contributed by atoms with Crippen molar-refractivity contribution in [2.45, 2.75) is 6.42 Å². The van der Waals surface area contributed by atoms with Crippen molar-refractivity contribution in [2.75, 3.05) is 52.2 Å². The Morgan fingerprint density at radius 1 is 0.795 bits per heavy atom. The maximum atomic E-state index is 13.1.